The zero-order valence-corrected chi connectivity index (χ0v) is 9.16. The van der Waals surface area contributed by atoms with E-state index in [0.717, 1.165) is 22.2 Å². The number of hydrogen-bond acceptors (Lipinski definition) is 3. The molecule has 0 bridgehead atoms. The van der Waals surface area contributed by atoms with Gasteiger partial charge in [-0.3, -0.25) is 4.79 Å². The molecule has 2 heterocycles. The summed E-state index contributed by atoms with van der Waals surface area (Å²) in [6.07, 6.45) is 0.650. The number of nitrogens with two attached hydrogens (primary N) is 1. The molecule has 5 heteroatoms. The number of carbonyl (C=O) groups is 1. The first-order valence-electron chi connectivity index (χ1n) is 5.47. The zero-order valence-electron chi connectivity index (χ0n) is 9.16. The Labute approximate surface area is 97.7 Å². The van der Waals surface area contributed by atoms with Crippen molar-refractivity contribution in [2.24, 2.45) is 10.9 Å². The van der Waals surface area contributed by atoms with Gasteiger partial charge in [0.25, 0.3) is 5.91 Å². The second-order valence-electron chi connectivity index (χ2n) is 4.00. The molecule has 86 valence electrons. The fourth-order valence-corrected chi connectivity index (χ4v) is 2.25. The molecule has 0 radical (unpaired) electrons. The largest absolute Gasteiger partial charge is 0.350 e. The average molecular weight is 228 g/mol. The van der Waals surface area contributed by atoms with E-state index in [0.29, 0.717) is 18.7 Å². The molecule has 0 fully saturated rings. The van der Waals surface area contributed by atoms with Crippen LogP contribution in [0.15, 0.2) is 29.4 Å². The van der Waals surface area contributed by atoms with Crippen LogP contribution in [-0.2, 0) is 0 Å². The molecule has 3 rings (SSSR count). The Hall–Kier alpha value is -2.30. The number of aromatic nitrogens is 1. The molecule has 2 aromatic rings. The number of hydrogen-bond donors (Lipinski definition) is 3. The Bertz CT molecular complexity index is 626. The van der Waals surface area contributed by atoms with E-state index in [2.05, 4.69) is 15.4 Å². The highest BCUT2D eigenvalue weighted by atomic mass is 16.1. The summed E-state index contributed by atoms with van der Waals surface area (Å²) in [5.74, 6) is 5.32. The molecule has 0 saturated carbocycles. The van der Waals surface area contributed by atoms with E-state index in [1.807, 2.05) is 24.3 Å². The predicted molar refractivity (Wildman–Crippen MR) is 66.0 cm³/mol. The molecule has 1 aliphatic rings. The average Bonchev–Trinajstić information content (AvgIpc) is 2.66. The van der Waals surface area contributed by atoms with Gasteiger partial charge in [-0.15, -0.1) is 0 Å². The van der Waals surface area contributed by atoms with Gasteiger partial charge in [0.15, 0.2) is 0 Å². The van der Waals surface area contributed by atoms with Crippen molar-refractivity contribution in [2.75, 3.05) is 6.54 Å². The SMILES string of the molecule is N/N=C1/CCNC(=O)c2[nH]c3ccccc3c21. The van der Waals surface area contributed by atoms with Gasteiger partial charge in [-0.05, 0) is 6.07 Å². The first kappa shape index (κ1) is 9.89. The van der Waals surface area contributed by atoms with Crippen LogP contribution >= 0.6 is 0 Å². The molecule has 5 nitrogen and oxygen atoms in total. The number of amides is 1. The van der Waals surface area contributed by atoms with Gasteiger partial charge in [0.2, 0.25) is 0 Å². The molecule has 17 heavy (non-hydrogen) atoms. The molecule has 1 aromatic heterocycles. The van der Waals surface area contributed by atoms with E-state index in [1.165, 1.54) is 0 Å². The number of rotatable bonds is 0. The number of para-hydroxylation sites is 1. The number of fused-ring (bicyclic) bond motifs is 3. The Morgan fingerprint density at radius 2 is 2.12 bits per heavy atom. The quantitative estimate of drug-likeness (QED) is 0.463. The molecular formula is C12H12N4O. The highest BCUT2D eigenvalue weighted by Gasteiger charge is 2.24. The van der Waals surface area contributed by atoms with E-state index in [4.69, 9.17) is 5.84 Å². The number of aromatic amines is 1. The third kappa shape index (κ3) is 1.39. The lowest BCUT2D eigenvalue weighted by molar-refractivity contribution is 0.0952. The lowest BCUT2D eigenvalue weighted by Gasteiger charge is -2.00. The third-order valence-electron chi connectivity index (χ3n) is 3.02. The highest BCUT2D eigenvalue weighted by Crippen LogP contribution is 2.25. The molecule has 0 spiro atoms. The smallest absolute Gasteiger partial charge is 0.268 e. The van der Waals surface area contributed by atoms with Crippen molar-refractivity contribution in [1.29, 1.82) is 0 Å². The van der Waals surface area contributed by atoms with Crippen LogP contribution in [0.5, 0.6) is 0 Å². The van der Waals surface area contributed by atoms with Gasteiger partial charge in [-0.2, -0.15) is 5.10 Å². The van der Waals surface area contributed by atoms with E-state index in [1.54, 1.807) is 0 Å². The first-order chi connectivity index (χ1) is 8.31. The molecular weight excluding hydrogens is 216 g/mol. The summed E-state index contributed by atoms with van der Waals surface area (Å²) in [6, 6.07) is 7.77. The fraction of sp³-hybridized carbons (Fsp3) is 0.167. The van der Waals surface area contributed by atoms with Gasteiger partial charge in [-0.25, -0.2) is 0 Å². The maximum Gasteiger partial charge on any atom is 0.268 e. The van der Waals surface area contributed by atoms with Crippen molar-refractivity contribution in [3.63, 3.8) is 0 Å². The van der Waals surface area contributed by atoms with Crippen molar-refractivity contribution < 1.29 is 4.79 Å². The molecule has 0 atom stereocenters. The van der Waals surface area contributed by atoms with Gasteiger partial charge in [0, 0.05) is 29.4 Å². The van der Waals surface area contributed by atoms with Crippen LogP contribution in [0, 0.1) is 0 Å². The molecule has 0 aliphatic carbocycles. The van der Waals surface area contributed by atoms with Crippen molar-refractivity contribution in [3.8, 4) is 0 Å². The Morgan fingerprint density at radius 1 is 1.29 bits per heavy atom. The summed E-state index contributed by atoms with van der Waals surface area (Å²) >= 11 is 0. The number of H-pyrrole nitrogens is 1. The minimum atomic E-state index is -0.102. The summed E-state index contributed by atoms with van der Waals surface area (Å²) in [4.78, 5) is 15.0. The van der Waals surface area contributed by atoms with Crippen molar-refractivity contribution in [2.45, 2.75) is 6.42 Å². The maximum absolute atomic E-state index is 11.9. The Kier molecular flexibility index (Phi) is 2.11. The normalized spacial score (nSPS) is 17.9. The van der Waals surface area contributed by atoms with Crippen LogP contribution in [0.4, 0.5) is 0 Å². The number of carbonyl (C=O) groups excluding carboxylic acids is 1. The van der Waals surface area contributed by atoms with Crippen molar-refractivity contribution in [3.05, 3.63) is 35.5 Å². The Balaban J connectivity index is 2.38. The summed E-state index contributed by atoms with van der Waals surface area (Å²) < 4.78 is 0. The minimum Gasteiger partial charge on any atom is -0.350 e. The summed E-state index contributed by atoms with van der Waals surface area (Å²) in [6.45, 7) is 0.561. The minimum absolute atomic E-state index is 0.102. The van der Waals surface area contributed by atoms with Crippen LogP contribution in [0.2, 0.25) is 0 Å². The van der Waals surface area contributed by atoms with Gasteiger partial charge in [0.1, 0.15) is 5.69 Å². The number of nitrogens with one attached hydrogen (secondary N) is 2. The Morgan fingerprint density at radius 3 is 2.94 bits per heavy atom. The van der Waals surface area contributed by atoms with Gasteiger partial charge in [-0.1, -0.05) is 18.2 Å². The van der Waals surface area contributed by atoms with Crippen LogP contribution in [-0.4, -0.2) is 23.1 Å². The molecule has 1 aliphatic heterocycles. The van der Waals surface area contributed by atoms with Crippen molar-refractivity contribution in [1.82, 2.24) is 10.3 Å². The van der Waals surface area contributed by atoms with E-state index in [-0.39, 0.29) is 5.91 Å². The first-order valence-corrected chi connectivity index (χ1v) is 5.47. The van der Waals surface area contributed by atoms with Crippen LogP contribution < -0.4 is 11.2 Å². The molecule has 4 N–H and O–H groups in total. The number of benzene rings is 1. The van der Waals surface area contributed by atoms with E-state index >= 15 is 0 Å². The maximum atomic E-state index is 11.9. The van der Waals surface area contributed by atoms with Gasteiger partial charge < -0.3 is 16.1 Å². The summed E-state index contributed by atoms with van der Waals surface area (Å²) in [5.41, 5.74) is 3.07. The van der Waals surface area contributed by atoms with Crippen molar-refractivity contribution >= 4 is 22.5 Å². The summed E-state index contributed by atoms with van der Waals surface area (Å²) in [7, 11) is 0. The molecule has 1 amide bonds. The van der Waals surface area contributed by atoms with Gasteiger partial charge in [0.05, 0.1) is 5.71 Å². The number of nitrogens with zero attached hydrogens (tertiary/aromatic N) is 1. The predicted octanol–water partition coefficient (Wildman–Crippen LogP) is 0.964. The van der Waals surface area contributed by atoms with Gasteiger partial charge >= 0.3 is 0 Å². The standard InChI is InChI=1S/C12H12N4O/c13-16-9-5-6-14-12(17)11-10(9)7-3-1-2-4-8(7)15-11/h1-4,15H,5-6,13H2,(H,14,17)/b16-9-. The fourth-order valence-electron chi connectivity index (χ4n) is 2.25. The zero-order chi connectivity index (χ0) is 11.8. The lowest BCUT2D eigenvalue weighted by Crippen LogP contribution is -2.23. The topological polar surface area (TPSA) is 83.3 Å². The number of hydrazone groups is 1. The summed E-state index contributed by atoms with van der Waals surface area (Å²) in [5, 5.41) is 7.62. The third-order valence-corrected chi connectivity index (χ3v) is 3.02. The van der Waals surface area contributed by atoms with E-state index in [9.17, 15) is 4.79 Å². The van der Waals surface area contributed by atoms with Crippen LogP contribution in [0.25, 0.3) is 10.9 Å². The molecule has 0 unspecified atom stereocenters. The monoisotopic (exact) mass is 228 g/mol. The molecule has 0 saturated heterocycles. The van der Waals surface area contributed by atoms with Crippen LogP contribution in [0.1, 0.15) is 22.5 Å². The second-order valence-corrected chi connectivity index (χ2v) is 4.00. The lowest BCUT2D eigenvalue weighted by atomic mass is 10.0. The van der Waals surface area contributed by atoms with Crippen LogP contribution in [0.3, 0.4) is 0 Å². The van der Waals surface area contributed by atoms with E-state index < -0.39 is 0 Å². The molecule has 1 aromatic carbocycles. The highest BCUT2D eigenvalue weighted by molar-refractivity contribution is 6.19. The second kappa shape index (κ2) is 3.62.